The molecule has 1 fully saturated rings. The van der Waals surface area contributed by atoms with Crippen LogP contribution in [-0.2, 0) is 17.5 Å². The van der Waals surface area contributed by atoms with Crippen molar-refractivity contribution in [3.05, 3.63) is 59.4 Å². The van der Waals surface area contributed by atoms with Crippen LogP contribution >= 0.6 is 0 Å². The minimum atomic E-state index is -4.61. The predicted octanol–water partition coefficient (Wildman–Crippen LogP) is 3.16. The largest absolute Gasteiger partial charge is 0.417 e. The van der Waals surface area contributed by atoms with Crippen LogP contribution in [0.5, 0.6) is 0 Å². The van der Waals surface area contributed by atoms with Gasteiger partial charge in [-0.15, -0.1) is 0 Å². The first-order chi connectivity index (χ1) is 12.4. The van der Waals surface area contributed by atoms with E-state index in [0.717, 1.165) is 18.6 Å². The summed E-state index contributed by atoms with van der Waals surface area (Å²) < 4.78 is 39.0. The second kappa shape index (κ2) is 7.15. The molecule has 1 aromatic heterocycles. The van der Waals surface area contributed by atoms with Crippen molar-refractivity contribution in [2.75, 3.05) is 11.4 Å². The molecule has 0 unspecified atom stereocenters. The molecule has 1 aliphatic heterocycles. The Balaban J connectivity index is 1.72. The first-order valence-electron chi connectivity index (χ1n) is 8.05. The van der Waals surface area contributed by atoms with E-state index in [1.807, 2.05) is 0 Å². The molecule has 136 valence electrons. The number of hydrogen-bond donors (Lipinski definition) is 1. The summed E-state index contributed by atoms with van der Waals surface area (Å²) in [7, 11) is 0. The van der Waals surface area contributed by atoms with Crippen molar-refractivity contribution in [1.82, 2.24) is 10.3 Å². The van der Waals surface area contributed by atoms with E-state index in [4.69, 9.17) is 0 Å². The van der Waals surface area contributed by atoms with Crippen LogP contribution in [0.25, 0.3) is 0 Å². The number of carbonyl (C=O) groups excluding carboxylic acids is 2. The molecular weight excluding hydrogens is 347 g/mol. The molecule has 2 heterocycles. The van der Waals surface area contributed by atoms with Crippen LogP contribution in [0.15, 0.2) is 42.7 Å². The molecular formula is C18H16F3N3O2. The Hall–Kier alpha value is -2.90. The van der Waals surface area contributed by atoms with Crippen molar-refractivity contribution < 1.29 is 22.8 Å². The van der Waals surface area contributed by atoms with E-state index in [1.165, 1.54) is 18.3 Å². The maximum absolute atomic E-state index is 13.0. The summed E-state index contributed by atoms with van der Waals surface area (Å²) in [6.45, 7) is 0.614. The fourth-order valence-corrected chi connectivity index (χ4v) is 2.85. The quantitative estimate of drug-likeness (QED) is 0.908. The van der Waals surface area contributed by atoms with Crippen LogP contribution in [-0.4, -0.2) is 23.3 Å². The van der Waals surface area contributed by atoms with Gasteiger partial charge in [-0.2, -0.15) is 13.2 Å². The number of halogens is 3. The maximum atomic E-state index is 13.0. The summed E-state index contributed by atoms with van der Waals surface area (Å²) >= 11 is 0. The number of hydrogen-bond acceptors (Lipinski definition) is 3. The molecule has 2 aromatic rings. The fraction of sp³-hybridized carbons (Fsp3) is 0.278. The van der Waals surface area contributed by atoms with Crippen LogP contribution in [0.3, 0.4) is 0 Å². The van der Waals surface area contributed by atoms with Crippen LogP contribution < -0.4 is 10.2 Å². The number of nitrogens with one attached hydrogen (secondary N) is 1. The van der Waals surface area contributed by atoms with E-state index in [0.29, 0.717) is 24.2 Å². The molecule has 0 saturated carbocycles. The van der Waals surface area contributed by atoms with Gasteiger partial charge in [0.2, 0.25) is 5.91 Å². The summed E-state index contributed by atoms with van der Waals surface area (Å²) in [5, 5.41) is 2.47. The summed E-state index contributed by atoms with van der Waals surface area (Å²) in [6, 6.07) is 6.32. The van der Waals surface area contributed by atoms with Gasteiger partial charge in [-0.25, -0.2) is 0 Å². The second-order valence-corrected chi connectivity index (χ2v) is 5.93. The van der Waals surface area contributed by atoms with Gasteiger partial charge < -0.3 is 10.2 Å². The lowest BCUT2D eigenvalue weighted by Crippen LogP contribution is -2.26. The van der Waals surface area contributed by atoms with Gasteiger partial charge in [0.25, 0.3) is 5.91 Å². The molecule has 2 amide bonds. The third-order valence-electron chi connectivity index (χ3n) is 4.10. The molecule has 0 spiro atoms. The lowest BCUT2D eigenvalue weighted by molar-refractivity contribution is -0.138. The number of benzene rings is 1. The Morgan fingerprint density at radius 3 is 2.69 bits per heavy atom. The normalized spacial score (nSPS) is 14.6. The van der Waals surface area contributed by atoms with Gasteiger partial charge in [0.15, 0.2) is 0 Å². The van der Waals surface area contributed by atoms with Crippen molar-refractivity contribution in [3.63, 3.8) is 0 Å². The molecule has 3 rings (SSSR count). The molecule has 1 aliphatic rings. The van der Waals surface area contributed by atoms with Gasteiger partial charge in [0.1, 0.15) is 0 Å². The monoisotopic (exact) mass is 363 g/mol. The number of anilines is 1. The molecule has 26 heavy (non-hydrogen) atoms. The Morgan fingerprint density at radius 1 is 1.23 bits per heavy atom. The summed E-state index contributed by atoms with van der Waals surface area (Å²) in [5.41, 5.74) is -0.194. The first-order valence-corrected chi connectivity index (χ1v) is 8.05. The average molecular weight is 363 g/mol. The van der Waals surface area contributed by atoms with E-state index in [-0.39, 0.29) is 12.5 Å². The summed E-state index contributed by atoms with van der Waals surface area (Å²) in [5.74, 6) is -0.812. The van der Waals surface area contributed by atoms with Crippen LogP contribution in [0.2, 0.25) is 0 Å². The van der Waals surface area contributed by atoms with Gasteiger partial charge in [0, 0.05) is 25.7 Å². The molecule has 1 N–H and O–H groups in total. The molecule has 1 saturated heterocycles. The predicted molar refractivity (Wildman–Crippen MR) is 88.4 cm³/mol. The van der Waals surface area contributed by atoms with E-state index < -0.39 is 23.2 Å². The molecule has 0 bridgehead atoms. The number of rotatable bonds is 4. The average Bonchev–Trinajstić information content (AvgIpc) is 3.05. The van der Waals surface area contributed by atoms with Gasteiger partial charge in [-0.3, -0.25) is 14.6 Å². The highest BCUT2D eigenvalue weighted by Gasteiger charge is 2.34. The highest BCUT2D eigenvalue weighted by atomic mass is 19.4. The lowest BCUT2D eigenvalue weighted by atomic mass is 10.1. The van der Waals surface area contributed by atoms with Crippen molar-refractivity contribution in [1.29, 1.82) is 0 Å². The number of aromatic nitrogens is 1. The molecule has 0 aliphatic carbocycles. The van der Waals surface area contributed by atoms with Gasteiger partial charge >= 0.3 is 6.18 Å². The Kier molecular flexibility index (Phi) is 4.92. The van der Waals surface area contributed by atoms with Crippen LogP contribution in [0.4, 0.5) is 18.9 Å². The topological polar surface area (TPSA) is 62.3 Å². The number of nitrogens with zero attached hydrogens (tertiary/aromatic N) is 2. The zero-order valence-electron chi connectivity index (χ0n) is 13.7. The summed E-state index contributed by atoms with van der Waals surface area (Å²) in [4.78, 5) is 29.6. The van der Waals surface area contributed by atoms with E-state index in [9.17, 15) is 22.8 Å². The third kappa shape index (κ3) is 3.84. The van der Waals surface area contributed by atoms with Crippen molar-refractivity contribution in [2.45, 2.75) is 25.6 Å². The Bertz CT molecular complexity index is 836. The lowest BCUT2D eigenvalue weighted by Gasteiger charge is -2.16. The standard InChI is InChI=1S/C18H16F3N3O2/c19-18(20,21)15-5-2-1-4-14(15)17(26)23-10-12-8-13(11-22-9-12)24-7-3-6-16(24)25/h1-2,4-5,8-9,11H,3,6-7,10H2,(H,23,26). The number of alkyl halides is 3. The van der Waals surface area contributed by atoms with Gasteiger partial charge in [-0.05, 0) is 30.2 Å². The van der Waals surface area contributed by atoms with Crippen molar-refractivity contribution >= 4 is 17.5 Å². The van der Waals surface area contributed by atoms with Gasteiger partial charge in [-0.1, -0.05) is 12.1 Å². The highest BCUT2D eigenvalue weighted by molar-refractivity contribution is 5.96. The second-order valence-electron chi connectivity index (χ2n) is 5.93. The van der Waals surface area contributed by atoms with Crippen molar-refractivity contribution in [3.8, 4) is 0 Å². The van der Waals surface area contributed by atoms with E-state index in [2.05, 4.69) is 10.3 Å². The third-order valence-corrected chi connectivity index (χ3v) is 4.10. The molecule has 0 atom stereocenters. The highest BCUT2D eigenvalue weighted by Crippen LogP contribution is 2.31. The van der Waals surface area contributed by atoms with E-state index in [1.54, 1.807) is 17.2 Å². The smallest absolute Gasteiger partial charge is 0.348 e. The van der Waals surface area contributed by atoms with Crippen LogP contribution in [0.1, 0.15) is 34.3 Å². The Morgan fingerprint density at radius 2 is 2.00 bits per heavy atom. The first kappa shape index (κ1) is 17.9. The minimum absolute atomic E-state index is 0.00656. The SMILES string of the molecule is O=C(NCc1cncc(N2CCCC2=O)c1)c1ccccc1C(F)(F)F. The van der Waals surface area contributed by atoms with Gasteiger partial charge in [0.05, 0.1) is 23.0 Å². The van der Waals surface area contributed by atoms with Crippen LogP contribution in [0, 0.1) is 0 Å². The number of amides is 2. The zero-order valence-corrected chi connectivity index (χ0v) is 13.7. The molecule has 1 aromatic carbocycles. The maximum Gasteiger partial charge on any atom is 0.417 e. The van der Waals surface area contributed by atoms with Crippen molar-refractivity contribution in [2.24, 2.45) is 0 Å². The Labute approximate surface area is 147 Å². The number of carbonyl (C=O) groups is 2. The fourth-order valence-electron chi connectivity index (χ4n) is 2.85. The molecule has 8 heteroatoms. The van der Waals surface area contributed by atoms with E-state index >= 15 is 0 Å². The number of pyridine rings is 1. The summed E-state index contributed by atoms with van der Waals surface area (Å²) in [6.07, 6.45) is -0.303. The molecule has 0 radical (unpaired) electrons. The minimum Gasteiger partial charge on any atom is -0.348 e. The molecule has 5 nitrogen and oxygen atoms in total. The zero-order chi connectivity index (χ0) is 18.7.